The number of nitrogens with zero attached hydrogens (tertiary/aromatic N) is 1. The molecule has 0 fully saturated rings. The van der Waals surface area contributed by atoms with Gasteiger partial charge in [-0.25, -0.2) is 0 Å². The van der Waals surface area contributed by atoms with Crippen LogP contribution in [0.25, 0.3) is 6.08 Å². The molecule has 0 atom stereocenters. The number of amides is 1. The van der Waals surface area contributed by atoms with Crippen LogP contribution in [0, 0.1) is 0 Å². The minimum Gasteiger partial charge on any atom is -0.497 e. The Bertz CT molecular complexity index is 494. The Morgan fingerprint density at radius 3 is 2.38 bits per heavy atom. The van der Waals surface area contributed by atoms with E-state index in [4.69, 9.17) is 4.74 Å². The Hall–Kier alpha value is -2.30. The van der Waals surface area contributed by atoms with E-state index < -0.39 is 5.97 Å². The largest absolute Gasteiger partial charge is 0.497 e. The minimum absolute atomic E-state index is 0.0316. The molecule has 1 amide bonds. The molecule has 0 aromatic heterocycles. The zero-order chi connectivity index (χ0) is 15.7. The van der Waals surface area contributed by atoms with Crippen LogP contribution in [0.2, 0.25) is 0 Å². The van der Waals surface area contributed by atoms with Crippen LogP contribution in [-0.4, -0.2) is 44.1 Å². The van der Waals surface area contributed by atoms with Crippen molar-refractivity contribution < 1.29 is 19.1 Å². The molecule has 5 nitrogen and oxygen atoms in total. The molecule has 0 saturated heterocycles. The summed E-state index contributed by atoms with van der Waals surface area (Å²) in [6.07, 6.45) is 3.95. The van der Waals surface area contributed by atoms with Gasteiger partial charge in [0.25, 0.3) is 0 Å². The molecule has 0 aliphatic carbocycles. The van der Waals surface area contributed by atoms with Gasteiger partial charge in [0.15, 0.2) is 0 Å². The number of hydrogen-bond donors (Lipinski definition) is 0. The summed E-state index contributed by atoms with van der Waals surface area (Å²) in [5.41, 5.74) is 0.888. The first-order valence-electron chi connectivity index (χ1n) is 6.78. The van der Waals surface area contributed by atoms with E-state index in [9.17, 15) is 9.59 Å². The van der Waals surface area contributed by atoms with E-state index in [0.717, 1.165) is 17.7 Å². The fourth-order valence-electron chi connectivity index (χ4n) is 1.75. The predicted octanol–water partition coefficient (Wildman–Crippen LogP) is 2.12. The molecule has 5 heteroatoms. The van der Waals surface area contributed by atoms with E-state index in [0.29, 0.717) is 6.54 Å². The highest BCUT2D eigenvalue weighted by atomic mass is 16.5. The van der Waals surface area contributed by atoms with Gasteiger partial charge in [-0.15, -0.1) is 0 Å². The summed E-state index contributed by atoms with van der Waals surface area (Å²) in [7, 11) is 2.91. The van der Waals surface area contributed by atoms with Crippen molar-refractivity contribution in [1.82, 2.24) is 4.90 Å². The van der Waals surface area contributed by atoms with E-state index in [-0.39, 0.29) is 12.5 Å². The average molecular weight is 291 g/mol. The number of benzene rings is 1. The zero-order valence-electron chi connectivity index (χ0n) is 12.7. The molecule has 114 valence electrons. The molecule has 0 aliphatic heterocycles. The summed E-state index contributed by atoms with van der Waals surface area (Å²) < 4.78 is 9.67. The quantitative estimate of drug-likeness (QED) is 0.570. The van der Waals surface area contributed by atoms with Gasteiger partial charge < -0.3 is 14.4 Å². The normalized spacial score (nSPS) is 10.4. The van der Waals surface area contributed by atoms with Crippen LogP contribution in [0.4, 0.5) is 0 Å². The van der Waals surface area contributed by atoms with Gasteiger partial charge in [0.2, 0.25) is 5.91 Å². The fraction of sp³-hybridized carbons (Fsp3) is 0.375. The molecule has 0 saturated carbocycles. The number of rotatable bonds is 7. The summed E-state index contributed by atoms with van der Waals surface area (Å²) in [6, 6.07) is 7.35. The Morgan fingerprint density at radius 2 is 1.86 bits per heavy atom. The maximum absolute atomic E-state index is 12.1. The van der Waals surface area contributed by atoms with E-state index in [1.807, 2.05) is 31.2 Å². The van der Waals surface area contributed by atoms with Crippen molar-refractivity contribution in [1.29, 1.82) is 0 Å². The van der Waals surface area contributed by atoms with Crippen molar-refractivity contribution in [3.05, 3.63) is 35.9 Å². The SMILES string of the molecule is CCCN(CC(=O)OC)C(=O)C=Cc1ccc(OC)cc1. The van der Waals surface area contributed by atoms with Crippen molar-refractivity contribution in [2.75, 3.05) is 27.3 Å². The topological polar surface area (TPSA) is 55.8 Å². The van der Waals surface area contributed by atoms with Crippen molar-refractivity contribution in [3.8, 4) is 5.75 Å². The number of carbonyl (C=O) groups excluding carboxylic acids is 2. The third kappa shape index (κ3) is 5.69. The van der Waals surface area contributed by atoms with Gasteiger partial charge in [-0.05, 0) is 30.2 Å². The Kier molecular flexibility index (Phi) is 7.01. The van der Waals surface area contributed by atoms with Crippen LogP contribution in [0.5, 0.6) is 5.75 Å². The first-order valence-corrected chi connectivity index (χ1v) is 6.78. The molecule has 1 rings (SSSR count). The second-order valence-corrected chi connectivity index (χ2v) is 4.44. The van der Waals surface area contributed by atoms with Crippen LogP contribution in [0.1, 0.15) is 18.9 Å². The van der Waals surface area contributed by atoms with E-state index in [2.05, 4.69) is 4.74 Å². The molecule has 1 aromatic carbocycles. The highest BCUT2D eigenvalue weighted by molar-refractivity contribution is 5.93. The maximum Gasteiger partial charge on any atom is 0.325 e. The number of esters is 1. The predicted molar refractivity (Wildman–Crippen MR) is 80.9 cm³/mol. The van der Waals surface area contributed by atoms with Crippen LogP contribution >= 0.6 is 0 Å². The van der Waals surface area contributed by atoms with Gasteiger partial charge in [0, 0.05) is 12.6 Å². The molecular weight excluding hydrogens is 270 g/mol. The monoisotopic (exact) mass is 291 g/mol. The second-order valence-electron chi connectivity index (χ2n) is 4.44. The Morgan fingerprint density at radius 1 is 1.19 bits per heavy atom. The van der Waals surface area contributed by atoms with Gasteiger partial charge in [-0.2, -0.15) is 0 Å². The van der Waals surface area contributed by atoms with Crippen LogP contribution in [0.3, 0.4) is 0 Å². The summed E-state index contributed by atoms with van der Waals surface area (Å²) in [5, 5.41) is 0. The molecule has 0 spiro atoms. The number of methoxy groups -OCH3 is 2. The fourth-order valence-corrected chi connectivity index (χ4v) is 1.75. The lowest BCUT2D eigenvalue weighted by atomic mass is 10.2. The molecule has 21 heavy (non-hydrogen) atoms. The first-order chi connectivity index (χ1) is 10.1. The minimum atomic E-state index is -0.422. The highest BCUT2D eigenvalue weighted by Gasteiger charge is 2.14. The maximum atomic E-state index is 12.1. The summed E-state index contributed by atoms with van der Waals surface area (Å²) in [6.45, 7) is 2.43. The molecule has 0 radical (unpaired) electrons. The lowest BCUT2D eigenvalue weighted by Gasteiger charge is -2.18. The first kappa shape index (κ1) is 16.8. The van der Waals surface area contributed by atoms with Crippen molar-refractivity contribution >= 4 is 18.0 Å². The highest BCUT2D eigenvalue weighted by Crippen LogP contribution is 2.12. The molecule has 0 N–H and O–H groups in total. The Labute approximate surface area is 125 Å². The summed E-state index contributed by atoms with van der Waals surface area (Å²) in [4.78, 5) is 24.8. The number of ether oxygens (including phenoxy) is 2. The molecule has 0 bridgehead atoms. The molecule has 0 unspecified atom stereocenters. The van der Waals surface area contributed by atoms with E-state index >= 15 is 0 Å². The van der Waals surface area contributed by atoms with Gasteiger partial charge >= 0.3 is 5.97 Å². The van der Waals surface area contributed by atoms with Crippen LogP contribution in [-0.2, 0) is 14.3 Å². The third-order valence-electron chi connectivity index (χ3n) is 2.89. The van der Waals surface area contributed by atoms with Gasteiger partial charge in [0.1, 0.15) is 12.3 Å². The number of hydrogen-bond acceptors (Lipinski definition) is 4. The van der Waals surface area contributed by atoms with Crippen LogP contribution < -0.4 is 4.74 Å². The number of carbonyl (C=O) groups is 2. The molecule has 0 heterocycles. The van der Waals surface area contributed by atoms with E-state index in [1.54, 1.807) is 13.2 Å². The zero-order valence-corrected chi connectivity index (χ0v) is 12.7. The summed E-state index contributed by atoms with van der Waals surface area (Å²) in [5.74, 6) is 0.129. The van der Waals surface area contributed by atoms with E-state index in [1.165, 1.54) is 18.1 Å². The average Bonchev–Trinajstić information content (AvgIpc) is 2.52. The van der Waals surface area contributed by atoms with Crippen molar-refractivity contribution in [3.63, 3.8) is 0 Å². The lowest BCUT2D eigenvalue weighted by molar-refractivity contribution is -0.145. The standard InChI is InChI=1S/C16H21NO4/c1-4-11-17(12-16(19)21-3)15(18)10-7-13-5-8-14(20-2)9-6-13/h5-10H,4,11-12H2,1-3H3. The second kappa shape index (κ2) is 8.79. The Balaban J connectivity index is 2.70. The molecule has 0 aliphatic rings. The summed E-state index contributed by atoms with van der Waals surface area (Å²) >= 11 is 0. The molecular formula is C16H21NO4. The molecule has 1 aromatic rings. The van der Waals surface area contributed by atoms with Crippen LogP contribution in [0.15, 0.2) is 30.3 Å². The van der Waals surface area contributed by atoms with Crippen molar-refractivity contribution in [2.24, 2.45) is 0 Å². The van der Waals surface area contributed by atoms with Gasteiger partial charge in [-0.3, -0.25) is 9.59 Å². The van der Waals surface area contributed by atoms with Gasteiger partial charge in [0.05, 0.1) is 14.2 Å². The smallest absolute Gasteiger partial charge is 0.325 e. The van der Waals surface area contributed by atoms with Gasteiger partial charge in [-0.1, -0.05) is 19.1 Å². The lowest BCUT2D eigenvalue weighted by Crippen LogP contribution is -2.35. The van der Waals surface area contributed by atoms with Crippen molar-refractivity contribution in [2.45, 2.75) is 13.3 Å². The third-order valence-corrected chi connectivity index (χ3v) is 2.89.